The van der Waals surface area contributed by atoms with Gasteiger partial charge >= 0.3 is 6.03 Å². The Bertz CT molecular complexity index is 497. The van der Waals surface area contributed by atoms with Crippen LogP contribution in [0.4, 0.5) is 4.79 Å². The van der Waals surface area contributed by atoms with Crippen LogP contribution < -0.4 is 10.6 Å². The van der Waals surface area contributed by atoms with Crippen molar-refractivity contribution in [1.82, 2.24) is 10.6 Å². The maximum atomic E-state index is 12.0. The van der Waals surface area contributed by atoms with E-state index in [2.05, 4.69) is 10.6 Å². The quantitative estimate of drug-likeness (QED) is 0.782. The van der Waals surface area contributed by atoms with E-state index in [9.17, 15) is 9.90 Å². The van der Waals surface area contributed by atoms with E-state index in [1.54, 1.807) is 18.2 Å². The van der Waals surface area contributed by atoms with Crippen LogP contribution >= 0.6 is 23.2 Å². The lowest BCUT2D eigenvalue weighted by molar-refractivity contribution is 0.117. The van der Waals surface area contributed by atoms with Crippen LogP contribution in [0.2, 0.25) is 10.0 Å². The molecule has 0 saturated heterocycles. The zero-order valence-electron chi connectivity index (χ0n) is 12.6. The third kappa shape index (κ3) is 5.04. The lowest BCUT2D eigenvalue weighted by Gasteiger charge is -2.27. The average molecular weight is 345 g/mol. The van der Waals surface area contributed by atoms with Crippen LogP contribution in [0.15, 0.2) is 18.2 Å². The summed E-state index contributed by atoms with van der Waals surface area (Å²) in [5, 5.41) is 16.6. The molecule has 22 heavy (non-hydrogen) atoms. The molecule has 2 rings (SSSR count). The molecule has 1 aliphatic carbocycles. The van der Waals surface area contributed by atoms with Crippen LogP contribution in [0, 0.1) is 0 Å². The Kier molecular flexibility index (Phi) is 6.36. The Morgan fingerprint density at radius 1 is 1.27 bits per heavy atom. The second-order valence-corrected chi connectivity index (χ2v) is 6.74. The van der Waals surface area contributed by atoms with Gasteiger partial charge in [-0.3, -0.25) is 0 Å². The monoisotopic (exact) mass is 344 g/mol. The summed E-state index contributed by atoms with van der Waals surface area (Å²) in [6.07, 6.45) is 3.49. The Labute approximate surface area is 141 Å². The van der Waals surface area contributed by atoms with Crippen LogP contribution in [0.3, 0.4) is 0 Å². The number of nitrogens with one attached hydrogen (secondary N) is 2. The summed E-state index contributed by atoms with van der Waals surface area (Å²) < 4.78 is 0. The van der Waals surface area contributed by atoms with Crippen molar-refractivity contribution in [2.75, 3.05) is 0 Å². The minimum atomic E-state index is -0.220. The van der Waals surface area contributed by atoms with Crippen molar-refractivity contribution in [2.45, 2.75) is 57.2 Å². The first kappa shape index (κ1) is 17.4. The number of carbonyl (C=O) groups excluding carboxylic acids is 1. The molecule has 122 valence electrons. The summed E-state index contributed by atoms with van der Waals surface area (Å²) in [6.45, 7) is 1.92. The SMILES string of the molecule is CC(Cc1c(Cl)cccc1Cl)NC(=O)NC1CCC(O)CC1. The van der Waals surface area contributed by atoms with Gasteiger partial charge in [-0.05, 0) is 56.7 Å². The molecule has 1 aromatic carbocycles. The van der Waals surface area contributed by atoms with Crippen molar-refractivity contribution < 1.29 is 9.90 Å². The second kappa shape index (κ2) is 8.04. The smallest absolute Gasteiger partial charge is 0.315 e. The molecule has 0 aliphatic heterocycles. The number of amides is 2. The summed E-state index contributed by atoms with van der Waals surface area (Å²) in [5.41, 5.74) is 0.847. The molecule has 6 heteroatoms. The summed E-state index contributed by atoms with van der Waals surface area (Å²) in [7, 11) is 0. The molecule has 0 spiro atoms. The standard InChI is InChI=1S/C16H22Cl2N2O2/c1-10(9-13-14(17)3-2-4-15(13)18)19-16(22)20-11-5-7-12(21)8-6-11/h2-4,10-12,21H,5-9H2,1H3,(H2,19,20,22). The highest BCUT2D eigenvalue weighted by molar-refractivity contribution is 6.36. The van der Waals surface area contributed by atoms with Crippen molar-refractivity contribution in [3.8, 4) is 0 Å². The number of hydrogen-bond donors (Lipinski definition) is 3. The number of benzene rings is 1. The van der Waals surface area contributed by atoms with Crippen molar-refractivity contribution in [3.63, 3.8) is 0 Å². The minimum absolute atomic E-state index is 0.0772. The molecule has 4 nitrogen and oxygen atoms in total. The fraction of sp³-hybridized carbons (Fsp3) is 0.562. The van der Waals surface area contributed by atoms with Crippen LogP contribution in [0.25, 0.3) is 0 Å². The third-order valence-electron chi connectivity index (χ3n) is 3.98. The number of aliphatic hydroxyl groups excluding tert-OH is 1. The summed E-state index contributed by atoms with van der Waals surface area (Å²) in [5.74, 6) is 0. The van der Waals surface area contributed by atoms with Crippen LogP contribution in [-0.2, 0) is 6.42 Å². The summed E-state index contributed by atoms with van der Waals surface area (Å²) in [4.78, 5) is 12.0. The molecule has 2 amide bonds. The Morgan fingerprint density at radius 2 is 1.86 bits per heavy atom. The van der Waals surface area contributed by atoms with Gasteiger partial charge in [0.15, 0.2) is 0 Å². The van der Waals surface area contributed by atoms with Gasteiger partial charge in [0.1, 0.15) is 0 Å². The molecule has 0 bridgehead atoms. The minimum Gasteiger partial charge on any atom is -0.393 e. The van der Waals surface area contributed by atoms with Crippen LogP contribution in [0.5, 0.6) is 0 Å². The lowest BCUT2D eigenvalue weighted by atomic mass is 9.93. The topological polar surface area (TPSA) is 61.4 Å². The van der Waals surface area contributed by atoms with Gasteiger partial charge in [0.05, 0.1) is 6.10 Å². The third-order valence-corrected chi connectivity index (χ3v) is 4.69. The Morgan fingerprint density at radius 3 is 2.45 bits per heavy atom. The second-order valence-electron chi connectivity index (χ2n) is 5.93. The van der Waals surface area contributed by atoms with Gasteiger partial charge in [-0.15, -0.1) is 0 Å². The first-order valence-electron chi connectivity index (χ1n) is 7.63. The maximum Gasteiger partial charge on any atom is 0.315 e. The van der Waals surface area contributed by atoms with Crippen LogP contribution in [-0.4, -0.2) is 29.3 Å². The number of aliphatic hydroxyl groups is 1. The van der Waals surface area contributed by atoms with E-state index >= 15 is 0 Å². The average Bonchev–Trinajstić information content (AvgIpc) is 2.45. The van der Waals surface area contributed by atoms with Crippen molar-refractivity contribution in [1.29, 1.82) is 0 Å². The van der Waals surface area contributed by atoms with Gasteiger partial charge in [0.2, 0.25) is 0 Å². The van der Waals surface area contributed by atoms with Crippen LogP contribution in [0.1, 0.15) is 38.2 Å². The Hall–Kier alpha value is -0.970. The molecule has 1 unspecified atom stereocenters. The predicted molar refractivity (Wildman–Crippen MR) is 89.6 cm³/mol. The Balaban J connectivity index is 1.81. The van der Waals surface area contributed by atoms with Crippen molar-refractivity contribution in [3.05, 3.63) is 33.8 Å². The van der Waals surface area contributed by atoms with Gasteiger partial charge in [-0.1, -0.05) is 29.3 Å². The zero-order chi connectivity index (χ0) is 16.1. The molecule has 3 N–H and O–H groups in total. The van der Waals surface area contributed by atoms with E-state index in [0.29, 0.717) is 16.5 Å². The largest absolute Gasteiger partial charge is 0.393 e. The molecule has 0 aromatic heterocycles. The van der Waals surface area contributed by atoms with Crippen molar-refractivity contribution >= 4 is 29.2 Å². The molecular formula is C16H22Cl2N2O2. The fourth-order valence-electron chi connectivity index (χ4n) is 2.76. The number of hydrogen-bond acceptors (Lipinski definition) is 2. The molecular weight excluding hydrogens is 323 g/mol. The fourth-order valence-corrected chi connectivity index (χ4v) is 3.31. The lowest BCUT2D eigenvalue weighted by Crippen LogP contribution is -2.47. The maximum absolute atomic E-state index is 12.0. The highest BCUT2D eigenvalue weighted by Gasteiger charge is 2.21. The number of rotatable bonds is 4. The van der Waals surface area contributed by atoms with Gasteiger partial charge in [0.25, 0.3) is 0 Å². The molecule has 0 heterocycles. The molecule has 1 aliphatic rings. The molecule has 1 aromatic rings. The highest BCUT2D eigenvalue weighted by Crippen LogP contribution is 2.25. The number of carbonyl (C=O) groups is 1. The van der Waals surface area contributed by atoms with Gasteiger partial charge in [-0.25, -0.2) is 4.79 Å². The van der Waals surface area contributed by atoms with E-state index in [0.717, 1.165) is 31.2 Å². The van der Waals surface area contributed by atoms with Crippen molar-refractivity contribution in [2.24, 2.45) is 0 Å². The molecule has 1 fully saturated rings. The number of halogens is 2. The van der Waals surface area contributed by atoms with E-state index in [1.165, 1.54) is 0 Å². The highest BCUT2D eigenvalue weighted by atomic mass is 35.5. The number of urea groups is 1. The van der Waals surface area contributed by atoms with E-state index in [4.69, 9.17) is 23.2 Å². The van der Waals surface area contributed by atoms with Gasteiger partial charge in [0, 0.05) is 22.1 Å². The zero-order valence-corrected chi connectivity index (χ0v) is 14.1. The summed E-state index contributed by atoms with van der Waals surface area (Å²) in [6, 6.07) is 5.27. The first-order valence-corrected chi connectivity index (χ1v) is 8.39. The molecule has 0 radical (unpaired) electrons. The normalized spacial score (nSPS) is 22.9. The first-order chi connectivity index (χ1) is 10.5. The van der Waals surface area contributed by atoms with Gasteiger partial charge in [-0.2, -0.15) is 0 Å². The molecule has 1 atom stereocenters. The van der Waals surface area contributed by atoms with Gasteiger partial charge < -0.3 is 15.7 Å². The predicted octanol–water partition coefficient (Wildman–Crippen LogP) is 3.53. The van der Waals surface area contributed by atoms with E-state index < -0.39 is 0 Å². The van der Waals surface area contributed by atoms with E-state index in [-0.39, 0.29) is 24.2 Å². The van der Waals surface area contributed by atoms with E-state index in [1.807, 2.05) is 6.92 Å². The summed E-state index contributed by atoms with van der Waals surface area (Å²) >= 11 is 12.3. The molecule has 1 saturated carbocycles.